The maximum Gasteiger partial charge on any atom is 0.0220 e. The number of hydrogen-bond acceptors (Lipinski definition) is 2. The third kappa shape index (κ3) is 2.71. The van der Waals surface area contributed by atoms with Crippen molar-refractivity contribution in [2.24, 2.45) is 5.92 Å². The Morgan fingerprint density at radius 1 is 0.929 bits per heavy atom. The molecule has 2 heteroatoms. The van der Waals surface area contributed by atoms with E-state index in [-0.39, 0.29) is 0 Å². The molecule has 0 spiro atoms. The quantitative estimate of drug-likeness (QED) is 0.669. The van der Waals surface area contributed by atoms with Crippen molar-refractivity contribution in [3.63, 3.8) is 0 Å². The molecule has 14 heavy (non-hydrogen) atoms. The van der Waals surface area contributed by atoms with Gasteiger partial charge in [0, 0.05) is 18.6 Å². The Hall–Kier alpha value is -0.0800. The second kappa shape index (κ2) is 5.13. The van der Waals surface area contributed by atoms with Crippen LogP contribution in [-0.2, 0) is 0 Å². The molecule has 2 aliphatic rings. The lowest BCUT2D eigenvalue weighted by Crippen LogP contribution is -2.42. The SMILES string of the molecule is CC1CCNC(C2CCCCC2)CN1. The van der Waals surface area contributed by atoms with E-state index in [0.29, 0.717) is 6.04 Å². The highest BCUT2D eigenvalue weighted by Crippen LogP contribution is 2.26. The van der Waals surface area contributed by atoms with E-state index >= 15 is 0 Å². The van der Waals surface area contributed by atoms with E-state index < -0.39 is 0 Å². The molecular formula is C12H24N2. The molecule has 82 valence electrons. The van der Waals surface area contributed by atoms with Crippen molar-refractivity contribution in [1.29, 1.82) is 0 Å². The monoisotopic (exact) mass is 196 g/mol. The summed E-state index contributed by atoms with van der Waals surface area (Å²) >= 11 is 0. The first-order valence-corrected chi connectivity index (χ1v) is 6.33. The molecule has 2 rings (SSSR count). The Bertz CT molecular complexity index is 164. The molecule has 0 aromatic heterocycles. The molecule has 2 fully saturated rings. The molecule has 1 heterocycles. The molecule has 2 N–H and O–H groups in total. The van der Waals surface area contributed by atoms with Gasteiger partial charge in [-0.2, -0.15) is 0 Å². The molecule has 0 radical (unpaired) electrons. The molecule has 0 aromatic rings. The lowest BCUT2D eigenvalue weighted by molar-refractivity contribution is 0.271. The van der Waals surface area contributed by atoms with Gasteiger partial charge < -0.3 is 10.6 Å². The molecule has 1 aliphatic carbocycles. The largest absolute Gasteiger partial charge is 0.313 e. The molecule has 2 atom stereocenters. The highest BCUT2D eigenvalue weighted by atomic mass is 15.0. The fourth-order valence-corrected chi connectivity index (χ4v) is 2.86. The van der Waals surface area contributed by atoms with E-state index in [1.54, 1.807) is 0 Å². The summed E-state index contributed by atoms with van der Waals surface area (Å²) in [7, 11) is 0. The Morgan fingerprint density at radius 2 is 1.71 bits per heavy atom. The zero-order valence-corrected chi connectivity index (χ0v) is 9.39. The van der Waals surface area contributed by atoms with Crippen LogP contribution in [0.5, 0.6) is 0 Å². The van der Waals surface area contributed by atoms with E-state index in [1.807, 2.05) is 0 Å². The van der Waals surface area contributed by atoms with Gasteiger partial charge in [-0.05, 0) is 38.6 Å². The van der Waals surface area contributed by atoms with Gasteiger partial charge in [-0.25, -0.2) is 0 Å². The lowest BCUT2D eigenvalue weighted by atomic mass is 9.84. The Kier molecular flexibility index (Phi) is 3.82. The molecule has 1 saturated carbocycles. The van der Waals surface area contributed by atoms with Gasteiger partial charge in [-0.1, -0.05) is 19.3 Å². The highest BCUT2D eigenvalue weighted by molar-refractivity contribution is 4.84. The first-order chi connectivity index (χ1) is 6.86. The van der Waals surface area contributed by atoms with Crippen LogP contribution in [0.3, 0.4) is 0 Å². The Morgan fingerprint density at radius 3 is 2.50 bits per heavy atom. The van der Waals surface area contributed by atoms with Gasteiger partial charge in [-0.3, -0.25) is 0 Å². The predicted octanol–water partition coefficient (Wildman–Crippen LogP) is 1.91. The number of rotatable bonds is 1. The maximum absolute atomic E-state index is 3.72. The van der Waals surface area contributed by atoms with E-state index in [1.165, 1.54) is 51.6 Å². The lowest BCUT2D eigenvalue weighted by Gasteiger charge is -2.30. The minimum Gasteiger partial charge on any atom is -0.313 e. The van der Waals surface area contributed by atoms with E-state index in [2.05, 4.69) is 17.6 Å². The van der Waals surface area contributed by atoms with Gasteiger partial charge >= 0.3 is 0 Å². The van der Waals surface area contributed by atoms with Crippen LogP contribution >= 0.6 is 0 Å². The average Bonchev–Trinajstić information content (AvgIpc) is 2.44. The average molecular weight is 196 g/mol. The van der Waals surface area contributed by atoms with Crippen LogP contribution < -0.4 is 10.6 Å². The zero-order chi connectivity index (χ0) is 9.80. The van der Waals surface area contributed by atoms with Crippen LogP contribution in [0.4, 0.5) is 0 Å². The fourth-order valence-electron chi connectivity index (χ4n) is 2.86. The van der Waals surface area contributed by atoms with Gasteiger partial charge in [0.15, 0.2) is 0 Å². The predicted molar refractivity (Wildman–Crippen MR) is 60.4 cm³/mol. The highest BCUT2D eigenvalue weighted by Gasteiger charge is 2.24. The molecule has 0 amide bonds. The van der Waals surface area contributed by atoms with E-state index in [4.69, 9.17) is 0 Å². The van der Waals surface area contributed by atoms with Crippen molar-refractivity contribution in [3.05, 3.63) is 0 Å². The molecule has 0 aromatic carbocycles. The van der Waals surface area contributed by atoms with Gasteiger partial charge in [-0.15, -0.1) is 0 Å². The van der Waals surface area contributed by atoms with E-state index in [9.17, 15) is 0 Å². The maximum atomic E-state index is 3.72. The fraction of sp³-hybridized carbons (Fsp3) is 1.00. The first kappa shape index (κ1) is 10.4. The third-order valence-corrected chi connectivity index (χ3v) is 3.89. The summed E-state index contributed by atoms with van der Waals surface area (Å²) in [6, 6.07) is 1.45. The molecule has 2 unspecified atom stereocenters. The topological polar surface area (TPSA) is 24.1 Å². The molecule has 1 saturated heterocycles. The van der Waals surface area contributed by atoms with E-state index in [0.717, 1.165) is 12.0 Å². The minimum atomic E-state index is 0.705. The molecular weight excluding hydrogens is 172 g/mol. The summed E-state index contributed by atoms with van der Waals surface area (Å²) in [6.07, 6.45) is 8.56. The summed E-state index contributed by atoms with van der Waals surface area (Å²) in [6.45, 7) is 4.69. The third-order valence-electron chi connectivity index (χ3n) is 3.89. The van der Waals surface area contributed by atoms with Gasteiger partial charge in [0.25, 0.3) is 0 Å². The van der Waals surface area contributed by atoms with Crippen molar-refractivity contribution in [3.8, 4) is 0 Å². The molecule has 2 nitrogen and oxygen atoms in total. The summed E-state index contributed by atoms with van der Waals surface area (Å²) in [5.41, 5.74) is 0. The first-order valence-electron chi connectivity index (χ1n) is 6.33. The summed E-state index contributed by atoms with van der Waals surface area (Å²) in [5, 5.41) is 7.35. The van der Waals surface area contributed by atoms with Crippen molar-refractivity contribution >= 4 is 0 Å². The van der Waals surface area contributed by atoms with Gasteiger partial charge in [0.05, 0.1) is 0 Å². The van der Waals surface area contributed by atoms with Crippen molar-refractivity contribution in [2.75, 3.05) is 13.1 Å². The Balaban J connectivity index is 1.83. The smallest absolute Gasteiger partial charge is 0.0220 e. The number of hydrogen-bond donors (Lipinski definition) is 2. The molecule has 1 aliphatic heterocycles. The number of nitrogens with one attached hydrogen (secondary N) is 2. The van der Waals surface area contributed by atoms with Crippen LogP contribution in [0.15, 0.2) is 0 Å². The second-order valence-electron chi connectivity index (χ2n) is 5.06. The standard InChI is InChI=1S/C12H24N2/c1-10-7-8-13-12(9-14-10)11-5-3-2-4-6-11/h10-14H,2-9H2,1H3. The van der Waals surface area contributed by atoms with Crippen LogP contribution in [0.2, 0.25) is 0 Å². The van der Waals surface area contributed by atoms with Crippen molar-refractivity contribution < 1.29 is 0 Å². The van der Waals surface area contributed by atoms with Crippen LogP contribution in [0.1, 0.15) is 45.4 Å². The normalized spacial score (nSPS) is 36.6. The van der Waals surface area contributed by atoms with Crippen LogP contribution in [0, 0.1) is 5.92 Å². The Labute approximate surface area is 87.8 Å². The summed E-state index contributed by atoms with van der Waals surface area (Å²) in [5.74, 6) is 0.946. The zero-order valence-electron chi connectivity index (χ0n) is 9.39. The molecule has 0 bridgehead atoms. The minimum absolute atomic E-state index is 0.705. The van der Waals surface area contributed by atoms with Gasteiger partial charge in [0.2, 0.25) is 0 Å². The van der Waals surface area contributed by atoms with Crippen molar-refractivity contribution in [1.82, 2.24) is 10.6 Å². The van der Waals surface area contributed by atoms with Crippen LogP contribution in [-0.4, -0.2) is 25.2 Å². The summed E-state index contributed by atoms with van der Waals surface area (Å²) < 4.78 is 0. The second-order valence-corrected chi connectivity index (χ2v) is 5.06. The summed E-state index contributed by atoms with van der Waals surface area (Å²) in [4.78, 5) is 0. The van der Waals surface area contributed by atoms with Gasteiger partial charge in [0.1, 0.15) is 0 Å². The van der Waals surface area contributed by atoms with Crippen LogP contribution in [0.25, 0.3) is 0 Å². The van der Waals surface area contributed by atoms with Crippen molar-refractivity contribution in [2.45, 2.75) is 57.5 Å².